The maximum absolute atomic E-state index is 12.1. The zero-order chi connectivity index (χ0) is 19.9. The van der Waals surface area contributed by atoms with Crippen molar-refractivity contribution in [2.24, 2.45) is 0 Å². The lowest BCUT2D eigenvalue weighted by Gasteiger charge is -2.06. The van der Waals surface area contributed by atoms with Gasteiger partial charge in [-0.25, -0.2) is 0 Å². The highest BCUT2D eigenvalue weighted by Gasteiger charge is 2.14. The SMILES string of the molecule is O=C(NNC(=O)c1ccc(COc2ccccc2)o1)c1ccc([N+](=O)[O-])cc1. The average molecular weight is 381 g/mol. The van der Waals surface area contributed by atoms with Crippen molar-refractivity contribution in [2.45, 2.75) is 6.61 Å². The van der Waals surface area contributed by atoms with Crippen LogP contribution in [0.15, 0.2) is 71.1 Å². The van der Waals surface area contributed by atoms with Gasteiger partial charge in [0.25, 0.3) is 11.6 Å². The number of benzene rings is 2. The number of nitro benzene ring substituents is 1. The molecule has 28 heavy (non-hydrogen) atoms. The smallest absolute Gasteiger partial charge is 0.305 e. The molecule has 0 aliphatic rings. The molecule has 0 radical (unpaired) electrons. The predicted molar refractivity (Wildman–Crippen MR) is 97.5 cm³/mol. The number of para-hydroxylation sites is 1. The zero-order valence-electron chi connectivity index (χ0n) is 14.5. The molecule has 0 aliphatic heterocycles. The second kappa shape index (κ2) is 8.49. The number of hydrogen-bond donors (Lipinski definition) is 2. The summed E-state index contributed by atoms with van der Waals surface area (Å²) in [6.45, 7) is 0.145. The second-order valence-corrected chi connectivity index (χ2v) is 5.58. The number of nitro groups is 1. The van der Waals surface area contributed by atoms with E-state index in [9.17, 15) is 19.7 Å². The Kier molecular flexibility index (Phi) is 5.66. The van der Waals surface area contributed by atoms with Crippen molar-refractivity contribution in [3.05, 3.63) is 93.9 Å². The lowest BCUT2D eigenvalue weighted by atomic mass is 10.2. The largest absolute Gasteiger partial charge is 0.486 e. The third kappa shape index (κ3) is 4.73. The molecule has 2 amide bonds. The van der Waals surface area contributed by atoms with Crippen LogP contribution in [0.3, 0.4) is 0 Å². The number of carbonyl (C=O) groups is 2. The first-order chi connectivity index (χ1) is 13.5. The molecule has 9 nitrogen and oxygen atoms in total. The molecule has 0 fully saturated rings. The van der Waals surface area contributed by atoms with Gasteiger partial charge in [-0.2, -0.15) is 0 Å². The van der Waals surface area contributed by atoms with E-state index in [1.54, 1.807) is 18.2 Å². The Hall–Kier alpha value is -4.14. The Morgan fingerprint density at radius 3 is 2.29 bits per heavy atom. The molecular formula is C19H15N3O6. The Morgan fingerprint density at radius 1 is 0.929 bits per heavy atom. The number of hydrazine groups is 1. The molecular weight excluding hydrogens is 366 g/mol. The van der Waals surface area contributed by atoms with Crippen LogP contribution in [0.5, 0.6) is 5.75 Å². The van der Waals surface area contributed by atoms with Crippen molar-refractivity contribution in [3.8, 4) is 5.75 Å². The van der Waals surface area contributed by atoms with Crippen molar-refractivity contribution in [1.29, 1.82) is 0 Å². The van der Waals surface area contributed by atoms with Gasteiger partial charge in [0, 0.05) is 17.7 Å². The minimum absolute atomic E-state index is 0.00402. The molecule has 3 aromatic rings. The molecule has 0 atom stereocenters. The first kappa shape index (κ1) is 18.6. The van der Waals surface area contributed by atoms with E-state index < -0.39 is 16.7 Å². The van der Waals surface area contributed by atoms with E-state index in [1.807, 2.05) is 18.2 Å². The van der Waals surface area contributed by atoms with Crippen molar-refractivity contribution in [2.75, 3.05) is 0 Å². The maximum atomic E-state index is 12.1. The number of hydrogen-bond acceptors (Lipinski definition) is 6. The van der Waals surface area contributed by atoms with Gasteiger partial charge in [0.05, 0.1) is 4.92 Å². The van der Waals surface area contributed by atoms with Gasteiger partial charge >= 0.3 is 5.91 Å². The van der Waals surface area contributed by atoms with Gasteiger partial charge in [-0.15, -0.1) is 0 Å². The van der Waals surface area contributed by atoms with Crippen LogP contribution < -0.4 is 15.6 Å². The Labute approximate surface area is 159 Å². The molecule has 3 rings (SSSR count). The van der Waals surface area contributed by atoms with Gasteiger partial charge in [-0.3, -0.25) is 30.6 Å². The number of nitrogens with zero attached hydrogens (tertiary/aromatic N) is 1. The number of furan rings is 1. The summed E-state index contributed by atoms with van der Waals surface area (Å²) in [6, 6.07) is 17.1. The van der Waals surface area contributed by atoms with Crippen LogP contribution in [0.25, 0.3) is 0 Å². The highest BCUT2D eigenvalue weighted by atomic mass is 16.6. The molecule has 1 heterocycles. The van der Waals surface area contributed by atoms with E-state index in [-0.39, 0.29) is 23.6 Å². The normalized spacial score (nSPS) is 10.1. The summed E-state index contributed by atoms with van der Waals surface area (Å²) < 4.78 is 10.9. The summed E-state index contributed by atoms with van der Waals surface area (Å²) in [5, 5.41) is 10.6. The van der Waals surface area contributed by atoms with Gasteiger partial charge in [-0.05, 0) is 36.4 Å². The molecule has 0 unspecified atom stereocenters. The first-order valence-electron chi connectivity index (χ1n) is 8.14. The number of non-ortho nitro benzene ring substituents is 1. The van der Waals surface area contributed by atoms with E-state index in [4.69, 9.17) is 9.15 Å². The first-order valence-corrected chi connectivity index (χ1v) is 8.14. The lowest BCUT2D eigenvalue weighted by Crippen LogP contribution is -2.41. The third-order valence-electron chi connectivity index (χ3n) is 3.64. The van der Waals surface area contributed by atoms with Crippen LogP contribution in [-0.4, -0.2) is 16.7 Å². The van der Waals surface area contributed by atoms with Crippen LogP contribution in [0.4, 0.5) is 5.69 Å². The second-order valence-electron chi connectivity index (χ2n) is 5.58. The van der Waals surface area contributed by atoms with E-state index in [2.05, 4.69) is 10.9 Å². The summed E-state index contributed by atoms with van der Waals surface area (Å²) in [5.74, 6) is -0.171. The van der Waals surface area contributed by atoms with Crippen LogP contribution in [0, 0.1) is 10.1 Å². The van der Waals surface area contributed by atoms with Crippen LogP contribution >= 0.6 is 0 Å². The van der Waals surface area contributed by atoms with Gasteiger partial charge in [0.2, 0.25) is 0 Å². The molecule has 0 saturated heterocycles. The Balaban J connectivity index is 1.51. The number of rotatable bonds is 6. The fourth-order valence-corrected chi connectivity index (χ4v) is 2.23. The number of amides is 2. The Morgan fingerprint density at radius 2 is 1.61 bits per heavy atom. The summed E-state index contributed by atoms with van der Waals surface area (Å²) in [6.07, 6.45) is 0. The van der Waals surface area contributed by atoms with Gasteiger partial charge < -0.3 is 9.15 Å². The van der Waals surface area contributed by atoms with Gasteiger partial charge in [-0.1, -0.05) is 18.2 Å². The zero-order valence-corrected chi connectivity index (χ0v) is 14.5. The minimum Gasteiger partial charge on any atom is -0.486 e. The molecule has 0 saturated carbocycles. The van der Waals surface area contributed by atoms with Crippen molar-refractivity contribution >= 4 is 17.5 Å². The highest BCUT2D eigenvalue weighted by molar-refractivity contribution is 5.98. The Bertz CT molecular complexity index is 982. The van der Waals surface area contributed by atoms with E-state index in [1.165, 1.54) is 30.3 Å². The monoisotopic (exact) mass is 381 g/mol. The van der Waals surface area contributed by atoms with Crippen molar-refractivity contribution in [3.63, 3.8) is 0 Å². The highest BCUT2D eigenvalue weighted by Crippen LogP contribution is 2.14. The topological polar surface area (TPSA) is 124 Å². The number of carbonyl (C=O) groups excluding carboxylic acids is 2. The molecule has 0 spiro atoms. The summed E-state index contributed by atoms with van der Waals surface area (Å²) in [5.41, 5.74) is 4.45. The van der Waals surface area contributed by atoms with Crippen LogP contribution in [0.2, 0.25) is 0 Å². The van der Waals surface area contributed by atoms with Crippen molar-refractivity contribution in [1.82, 2.24) is 10.9 Å². The summed E-state index contributed by atoms with van der Waals surface area (Å²) in [7, 11) is 0. The predicted octanol–water partition coefficient (Wildman–Crippen LogP) is 2.84. The minimum atomic E-state index is -0.652. The quantitative estimate of drug-likeness (QED) is 0.500. The van der Waals surface area contributed by atoms with E-state index >= 15 is 0 Å². The molecule has 2 aromatic carbocycles. The van der Waals surface area contributed by atoms with E-state index in [0.717, 1.165) is 0 Å². The lowest BCUT2D eigenvalue weighted by molar-refractivity contribution is -0.384. The van der Waals surface area contributed by atoms with Gasteiger partial charge in [0.1, 0.15) is 18.1 Å². The number of nitrogens with one attached hydrogen (secondary N) is 2. The number of ether oxygens (including phenoxy) is 1. The summed E-state index contributed by atoms with van der Waals surface area (Å²) >= 11 is 0. The standard InChI is InChI=1S/C19H15N3O6/c23-18(13-6-8-14(9-7-13)22(25)26)20-21-19(24)17-11-10-16(28-17)12-27-15-4-2-1-3-5-15/h1-11H,12H2,(H,20,23)(H,21,24). The molecule has 0 aliphatic carbocycles. The maximum Gasteiger partial charge on any atom is 0.305 e. The molecule has 2 N–H and O–H groups in total. The molecule has 142 valence electrons. The van der Waals surface area contributed by atoms with Crippen LogP contribution in [-0.2, 0) is 6.61 Å². The summed E-state index contributed by atoms with van der Waals surface area (Å²) in [4.78, 5) is 34.1. The van der Waals surface area contributed by atoms with Crippen LogP contribution in [0.1, 0.15) is 26.7 Å². The molecule has 1 aromatic heterocycles. The average Bonchev–Trinajstić information content (AvgIpc) is 3.20. The molecule has 9 heteroatoms. The third-order valence-corrected chi connectivity index (χ3v) is 3.64. The van der Waals surface area contributed by atoms with E-state index in [0.29, 0.717) is 11.5 Å². The fraction of sp³-hybridized carbons (Fsp3) is 0.0526. The molecule has 0 bridgehead atoms. The van der Waals surface area contributed by atoms with Gasteiger partial charge in [0.15, 0.2) is 5.76 Å². The van der Waals surface area contributed by atoms with Crippen molar-refractivity contribution < 1.29 is 23.7 Å². The fourth-order valence-electron chi connectivity index (χ4n) is 2.23.